The van der Waals surface area contributed by atoms with Gasteiger partial charge in [0.25, 0.3) is 0 Å². The second-order valence-corrected chi connectivity index (χ2v) is 6.64. The van der Waals surface area contributed by atoms with Crippen molar-refractivity contribution in [3.8, 4) is 0 Å². The van der Waals surface area contributed by atoms with Gasteiger partial charge in [-0.15, -0.1) is 0 Å². The molecule has 2 N–H and O–H groups in total. The molecule has 0 bridgehead atoms. The summed E-state index contributed by atoms with van der Waals surface area (Å²) in [4.78, 5) is 12.2. The van der Waals surface area contributed by atoms with Crippen LogP contribution in [0.5, 0.6) is 0 Å². The molecule has 0 saturated carbocycles. The monoisotopic (exact) mass is 354 g/mol. The van der Waals surface area contributed by atoms with Gasteiger partial charge in [0.15, 0.2) is 0 Å². The van der Waals surface area contributed by atoms with Gasteiger partial charge in [0, 0.05) is 25.3 Å². The molecular formula is C21H26N2O3. The maximum atomic E-state index is 12.2. The Morgan fingerprint density at radius 1 is 1.23 bits per heavy atom. The van der Waals surface area contributed by atoms with Crippen molar-refractivity contribution in [1.29, 1.82) is 0 Å². The van der Waals surface area contributed by atoms with E-state index in [1.807, 2.05) is 49.4 Å². The maximum absolute atomic E-state index is 12.2. The van der Waals surface area contributed by atoms with E-state index in [1.54, 1.807) is 7.11 Å². The molecule has 138 valence electrons. The van der Waals surface area contributed by atoms with E-state index in [1.165, 1.54) is 5.56 Å². The van der Waals surface area contributed by atoms with E-state index in [0.717, 1.165) is 17.7 Å². The van der Waals surface area contributed by atoms with Gasteiger partial charge in [-0.25, -0.2) is 4.79 Å². The van der Waals surface area contributed by atoms with Gasteiger partial charge >= 0.3 is 6.03 Å². The molecule has 1 aliphatic rings. The highest BCUT2D eigenvalue weighted by Gasteiger charge is 2.26. The van der Waals surface area contributed by atoms with Gasteiger partial charge in [0.05, 0.1) is 18.8 Å². The van der Waals surface area contributed by atoms with E-state index < -0.39 is 0 Å². The quantitative estimate of drug-likeness (QED) is 0.821. The Balaban J connectivity index is 1.46. The van der Waals surface area contributed by atoms with Gasteiger partial charge in [-0.3, -0.25) is 0 Å². The maximum Gasteiger partial charge on any atom is 0.319 e. The molecule has 2 amide bonds. The standard InChI is InChI=1S/C21H26N2O3/c1-15(25-2)17-9-6-10-19(11-17)23-21(24)22-13-20-12-18(14-26-20)16-7-4-3-5-8-16/h3-11,15,18,20H,12-14H2,1-2H3,(H2,22,23,24)/t15?,18-,20-/m0/s1. The molecular weight excluding hydrogens is 328 g/mol. The lowest BCUT2D eigenvalue weighted by molar-refractivity contribution is 0.110. The van der Waals surface area contributed by atoms with Crippen LogP contribution in [0.3, 0.4) is 0 Å². The van der Waals surface area contributed by atoms with Crippen LogP contribution in [0.15, 0.2) is 54.6 Å². The molecule has 1 fully saturated rings. The number of benzene rings is 2. The third-order valence-electron chi connectivity index (χ3n) is 4.81. The van der Waals surface area contributed by atoms with Crippen molar-refractivity contribution >= 4 is 11.7 Å². The Bertz CT molecular complexity index is 720. The first-order valence-corrected chi connectivity index (χ1v) is 9.00. The largest absolute Gasteiger partial charge is 0.377 e. The van der Waals surface area contributed by atoms with Crippen LogP contribution in [0.2, 0.25) is 0 Å². The molecule has 1 heterocycles. The Labute approximate surface area is 154 Å². The molecule has 0 aromatic heterocycles. The smallest absolute Gasteiger partial charge is 0.319 e. The minimum Gasteiger partial charge on any atom is -0.377 e. The van der Waals surface area contributed by atoms with Crippen LogP contribution in [0.4, 0.5) is 10.5 Å². The van der Waals surface area contributed by atoms with Crippen molar-refractivity contribution in [2.75, 3.05) is 25.6 Å². The number of anilines is 1. The predicted molar refractivity (Wildman–Crippen MR) is 102 cm³/mol. The van der Waals surface area contributed by atoms with Crippen LogP contribution in [0.1, 0.15) is 36.5 Å². The molecule has 3 atom stereocenters. The summed E-state index contributed by atoms with van der Waals surface area (Å²) >= 11 is 0. The van der Waals surface area contributed by atoms with Crippen LogP contribution >= 0.6 is 0 Å². The van der Waals surface area contributed by atoms with Crippen molar-refractivity contribution in [2.45, 2.75) is 31.5 Å². The number of rotatable bonds is 6. The van der Waals surface area contributed by atoms with Gasteiger partial charge < -0.3 is 20.1 Å². The number of nitrogens with one attached hydrogen (secondary N) is 2. The molecule has 3 rings (SSSR count). The fourth-order valence-corrected chi connectivity index (χ4v) is 3.19. The van der Waals surface area contributed by atoms with E-state index in [-0.39, 0.29) is 18.2 Å². The van der Waals surface area contributed by atoms with Crippen LogP contribution in [-0.2, 0) is 9.47 Å². The Kier molecular flexibility index (Phi) is 6.26. The van der Waals surface area contributed by atoms with E-state index in [4.69, 9.17) is 9.47 Å². The lowest BCUT2D eigenvalue weighted by atomic mass is 9.96. The molecule has 0 spiro atoms. The van der Waals surface area contributed by atoms with Gasteiger partial charge in [-0.2, -0.15) is 0 Å². The first kappa shape index (κ1) is 18.4. The SMILES string of the molecule is COC(C)c1cccc(NC(=O)NC[C@@H]2C[C@H](c3ccccc3)CO2)c1. The zero-order valence-electron chi connectivity index (χ0n) is 15.3. The number of hydrogen-bond donors (Lipinski definition) is 2. The second-order valence-electron chi connectivity index (χ2n) is 6.64. The summed E-state index contributed by atoms with van der Waals surface area (Å²) in [6.07, 6.45) is 0.956. The van der Waals surface area contributed by atoms with Crippen LogP contribution in [-0.4, -0.2) is 32.4 Å². The molecule has 5 heteroatoms. The Morgan fingerprint density at radius 2 is 2.04 bits per heavy atom. The van der Waals surface area contributed by atoms with Crippen LogP contribution in [0, 0.1) is 0 Å². The summed E-state index contributed by atoms with van der Waals surface area (Å²) in [6, 6.07) is 17.8. The lowest BCUT2D eigenvalue weighted by Crippen LogP contribution is -2.35. The fourth-order valence-electron chi connectivity index (χ4n) is 3.19. The van der Waals surface area contributed by atoms with E-state index in [9.17, 15) is 4.79 Å². The molecule has 1 saturated heterocycles. The lowest BCUT2D eigenvalue weighted by Gasteiger charge is -2.14. The predicted octanol–water partition coefficient (Wildman–Crippen LogP) is 4.09. The Hall–Kier alpha value is -2.37. The molecule has 2 aromatic carbocycles. The van der Waals surface area contributed by atoms with Gasteiger partial charge in [0.2, 0.25) is 0 Å². The number of ether oxygens (including phenoxy) is 2. The van der Waals surface area contributed by atoms with E-state index >= 15 is 0 Å². The zero-order chi connectivity index (χ0) is 18.4. The highest BCUT2D eigenvalue weighted by molar-refractivity contribution is 5.89. The third-order valence-corrected chi connectivity index (χ3v) is 4.81. The first-order valence-electron chi connectivity index (χ1n) is 9.00. The normalized spacial score (nSPS) is 20.5. The summed E-state index contributed by atoms with van der Waals surface area (Å²) in [6.45, 7) is 3.18. The number of methoxy groups -OCH3 is 1. The molecule has 1 aliphatic heterocycles. The van der Waals surface area contributed by atoms with Gasteiger partial charge in [-0.05, 0) is 36.6 Å². The highest BCUT2D eigenvalue weighted by Crippen LogP contribution is 2.28. The van der Waals surface area contributed by atoms with Crippen molar-refractivity contribution in [2.24, 2.45) is 0 Å². The number of carbonyl (C=O) groups excluding carboxylic acids is 1. The number of hydrogen-bond acceptors (Lipinski definition) is 3. The van der Waals surface area contributed by atoms with Crippen molar-refractivity contribution < 1.29 is 14.3 Å². The van der Waals surface area contributed by atoms with Crippen molar-refractivity contribution in [1.82, 2.24) is 5.32 Å². The summed E-state index contributed by atoms with van der Waals surface area (Å²) in [7, 11) is 1.67. The van der Waals surface area contributed by atoms with Crippen molar-refractivity contribution in [3.05, 3.63) is 65.7 Å². The minimum absolute atomic E-state index is 0.0124. The third kappa shape index (κ3) is 4.84. The molecule has 26 heavy (non-hydrogen) atoms. The molecule has 0 radical (unpaired) electrons. The second kappa shape index (κ2) is 8.83. The fraction of sp³-hybridized carbons (Fsp3) is 0.381. The summed E-state index contributed by atoms with van der Waals surface area (Å²) in [5, 5.41) is 5.77. The highest BCUT2D eigenvalue weighted by atomic mass is 16.5. The zero-order valence-corrected chi connectivity index (χ0v) is 15.3. The molecule has 0 aliphatic carbocycles. The molecule has 2 aromatic rings. The Morgan fingerprint density at radius 3 is 2.81 bits per heavy atom. The number of carbonyl (C=O) groups is 1. The molecule has 5 nitrogen and oxygen atoms in total. The van der Waals surface area contributed by atoms with Crippen LogP contribution in [0.25, 0.3) is 0 Å². The summed E-state index contributed by atoms with van der Waals surface area (Å²) < 4.78 is 11.1. The average Bonchev–Trinajstić information content (AvgIpc) is 3.16. The van der Waals surface area contributed by atoms with Gasteiger partial charge in [0.1, 0.15) is 0 Å². The number of urea groups is 1. The van der Waals surface area contributed by atoms with Gasteiger partial charge in [-0.1, -0.05) is 42.5 Å². The number of amides is 2. The summed E-state index contributed by atoms with van der Waals surface area (Å²) in [5.41, 5.74) is 3.07. The average molecular weight is 354 g/mol. The van der Waals surface area contributed by atoms with E-state index in [2.05, 4.69) is 22.8 Å². The van der Waals surface area contributed by atoms with Crippen molar-refractivity contribution in [3.63, 3.8) is 0 Å². The van der Waals surface area contributed by atoms with Crippen LogP contribution < -0.4 is 10.6 Å². The summed E-state index contributed by atoms with van der Waals surface area (Å²) in [5.74, 6) is 0.401. The van der Waals surface area contributed by atoms with E-state index in [0.29, 0.717) is 19.1 Å². The minimum atomic E-state index is -0.223. The molecule has 1 unspecified atom stereocenters. The topological polar surface area (TPSA) is 59.6 Å². The first-order chi connectivity index (χ1) is 12.7.